The quantitative estimate of drug-likeness (QED) is 0.764. The lowest BCUT2D eigenvalue weighted by molar-refractivity contribution is 0.0412. The molecule has 0 saturated carbocycles. The molecule has 0 bridgehead atoms. The minimum atomic E-state index is -1.29. The van der Waals surface area contributed by atoms with Crippen LogP contribution in [0.5, 0.6) is 0 Å². The van der Waals surface area contributed by atoms with E-state index in [2.05, 4.69) is 10.6 Å². The third kappa shape index (κ3) is 5.18. The summed E-state index contributed by atoms with van der Waals surface area (Å²) in [5.74, 6) is 0. The van der Waals surface area contributed by atoms with Gasteiger partial charge in [-0.05, 0) is 20.8 Å². The monoisotopic (exact) mass is 240 g/mol. The van der Waals surface area contributed by atoms with Crippen molar-refractivity contribution in [2.75, 3.05) is 19.6 Å². The van der Waals surface area contributed by atoms with Crippen molar-refractivity contribution in [2.45, 2.75) is 32.0 Å². The number of rotatable bonds is 2. The van der Waals surface area contributed by atoms with Crippen molar-refractivity contribution in [2.24, 2.45) is 0 Å². The van der Waals surface area contributed by atoms with Crippen molar-refractivity contribution in [3.8, 4) is 0 Å². The summed E-state index contributed by atoms with van der Waals surface area (Å²) in [5, 5.41) is 5.21. The first-order valence-electron chi connectivity index (χ1n) is 4.67. The van der Waals surface area contributed by atoms with Crippen LogP contribution in [-0.4, -0.2) is 37.0 Å². The standard InChI is InChI=1S/C9H17FN2O2.ClH/c1-8(2,3)14-7(13)12-6-9(10)4-11-5-9;/h11H,4-6H2,1-3H3,(H,12,13);1H. The lowest BCUT2D eigenvalue weighted by Gasteiger charge is -2.35. The lowest BCUT2D eigenvalue weighted by Crippen LogP contribution is -2.61. The Morgan fingerprint density at radius 2 is 2.07 bits per heavy atom. The molecule has 2 N–H and O–H groups in total. The third-order valence-electron chi connectivity index (χ3n) is 1.83. The third-order valence-corrected chi connectivity index (χ3v) is 1.83. The highest BCUT2D eigenvalue weighted by Gasteiger charge is 2.37. The van der Waals surface area contributed by atoms with Gasteiger partial charge >= 0.3 is 6.09 Å². The highest BCUT2D eigenvalue weighted by atomic mass is 35.5. The fraction of sp³-hybridized carbons (Fsp3) is 0.889. The molecule has 1 rings (SSSR count). The summed E-state index contributed by atoms with van der Waals surface area (Å²) in [6.45, 7) is 5.90. The molecular weight excluding hydrogens is 223 g/mol. The first-order chi connectivity index (χ1) is 6.31. The highest BCUT2D eigenvalue weighted by molar-refractivity contribution is 5.85. The molecule has 15 heavy (non-hydrogen) atoms. The maximum absolute atomic E-state index is 13.4. The predicted molar refractivity (Wildman–Crippen MR) is 58.2 cm³/mol. The molecule has 1 fully saturated rings. The van der Waals surface area contributed by atoms with Gasteiger partial charge in [0.15, 0.2) is 5.67 Å². The van der Waals surface area contributed by atoms with E-state index in [0.29, 0.717) is 13.1 Å². The Kier molecular flexibility index (Phi) is 4.80. The van der Waals surface area contributed by atoms with Gasteiger partial charge in [0, 0.05) is 13.1 Å². The number of carbonyl (C=O) groups excluding carboxylic acids is 1. The van der Waals surface area contributed by atoms with E-state index in [1.807, 2.05) is 0 Å². The van der Waals surface area contributed by atoms with Crippen LogP contribution >= 0.6 is 12.4 Å². The molecule has 4 nitrogen and oxygen atoms in total. The minimum absolute atomic E-state index is 0. The molecule has 1 amide bonds. The zero-order valence-electron chi connectivity index (χ0n) is 9.22. The van der Waals surface area contributed by atoms with E-state index in [1.165, 1.54) is 0 Å². The first kappa shape index (κ1) is 14.5. The van der Waals surface area contributed by atoms with Gasteiger partial charge in [-0.2, -0.15) is 0 Å². The van der Waals surface area contributed by atoms with Gasteiger partial charge in [-0.25, -0.2) is 9.18 Å². The molecule has 0 aromatic heterocycles. The Morgan fingerprint density at radius 1 is 1.53 bits per heavy atom. The number of hydrogen-bond donors (Lipinski definition) is 2. The van der Waals surface area contributed by atoms with E-state index in [0.717, 1.165) is 0 Å². The fourth-order valence-electron chi connectivity index (χ4n) is 1.07. The number of amides is 1. The van der Waals surface area contributed by atoms with Crippen molar-refractivity contribution < 1.29 is 13.9 Å². The average Bonchev–Trinajstić information content (AvgIpc) is 1.94. The van der Waals surface area contributed by atoms with Gasteiger partial charge in [0.05, 0.1) is 6.54 Å². The number of hydrogen-bond acceptors (Lipinski definition) is 3. The zero-order chi connectivity index (χ0) is 10.8. The van der Waals surface area contributed by atoms with Gasteiger partial charge in [0.2, 0.25) is 0 Å². The van der Waals surface area contributed by atoms with E-state index in [9.17, 15) is 9.18 Å². The van der Waals surface area contributed by atoms with Gasteiger partial charge in [0.1, 0.15) is 5.60 Å². The minimum Gasteiger partial charge on any atom is -0.444 e. The first-order valence-corrected chi connectivity index (χ1v) is 4.67. The van der Waals surface area contributed by atoms with Gasteiger partial charge < -0.3 is 15.4 Å². The maximum Gasteiger partial charge on any atom is 0.407 e. The van der Waals surface area contributed by atoms with Gasteiger partial charge in [-0.3, -0.25) is 0 Å². The van der Waals surface area contributed by atoms with E-state index >= 15 is 0 Å². The number of carbonyl (C=O) groups is 1. The molecule has 0 aromatic rings. The Morgan fingerprint density at radius 3 is 2.40 bits per heavy atom. The summed E-state index contributed by atoms with van der Waals surface area (Å²) in [4.78, 5) is 11.1. The van der Waals surface area contributed by atoms with Crippen LogP contribution < -0.4 is 10.6 Å². The molecule has 0 unspecified atom stereocenters. The smallest absolute Gasteiger partial charge is 0.407 e. The Balaban J connectivity index is 0.00000196. The molecule has 1 heterocycles. The van der Waals surface area contributed by atoms with Crippen LogP contribution in [0.1, 0.15) is 20.8 Å². The molecular formula is C9H18ClFN2O2. The summed E-state index contributed by atoms with van der Waals surface area (Å²) in [6, 6.07) is 0. The van der Waals surface area contributed by atoms with Crippen molar-refractivity contribution in [3.63, 3.8) is 0 Å². The predicted octanol–water partition coefficient (Wildman–Crippen LogP) is 1.24. The van der Waals surface area contributed by atoms with Crippen molar-refractivity contribution in [1.82, 2.24) is 10.6 Å². The zero-order valence-corrected chi connectivity index (χ0v) is 10.0. The number of alkyl carbamates (subject to hydrolysis) is 1. The average molecular weight is 241 g/mol. The molecule has 0 aliphatic carbocycles. The normalized spacial score (nSPS) is 18.4. The molecule has 0 aromatic carbocycles. The topological polar surface area (TPSA) is 50.4 Å². The Labute approximate surface area is 95.3 Å². The molecule has 0 spiro atoms. The van der Waals surface area contributed by atoms with Crippen molar-refractivity contribution >= 4 is 18.5 Å². The number of alkyl halides is 1. The SMILES string of the molecule is CC(C)(C)OC(=O)NCC1(F)CNC1.Cl. The van der Waals surface area contributed by atoms with E-state index in [-0.39, 0.29) is 19.0 Å². The van der Waals surface area contributed by atoms with Gasteiger partial charge in [-0.15, -0.1) is 12.4 Å². The van der Waals surface area contributed by atoms with Crippen LogP contribution in [-0.2, 0) is 4.74 Å². The van der Waals surface area contributed by atoms with Gasteiger partial charge in [-0.1, -0.05) is 0 Å². The Bertz CT molecular complexity index is 227. The second-order valence-electron chi connectivity index (χ2n) is 4.61. The number of ether oxygens (including phenoxy) is 1. The van der Waals surface area contributed by atoms with Gasteiger partial charge in [0.25, 0.3) is 0 Å². The molecule has 0 atom stereocenters. The molecule has 1 aliphatic heterocycles. The van der Waals surface area contributed by atoms with Crippen LogP contribution in [0.3, 0.4) is 0 Å². The van der Waals surface area contributed by atoms with Crippen LogP contribution in [0.2, 0.25) is 0 Å². The summed E-state index contributed by atoms with van der Waals surface area (Å²) in [5.41, 5.74) is -1.83. The molecule has 1 saturated heterocycles. The summed E-state index contributed by atoms with van der Waals surface area (Å²) in [7, 11) is 0. The molecule has 6 heteroatoms. The maximum atomic E-state index is 13.4. The van der Waals surface area contributed by atoms with Crippen molar-refractivity contribution in [3.05, 3.63) is 0 Å². The van der Waals surface area contributed by atoms with E-state index in [4.69, 9.17) is 4.74 Å². The van der Waals surface area contributed by atoms with E-state index in [1.54, 1.807) is 20.8 Å². The second-order valence-corrected chi connectivity index (χ2v) is 4.61. The fourth-order valence-corrected chi connectivity index (χ4v) is 1.07. The number of halogens is 2. The van der Waals surface area contributed by atoms with Crippen molar-refractivity contribution in [1.29, 1.82) is 0 Å². The second kappa shape index (κ2) is 4.99. The largest absolute Gasteiger partial charge is 0.444 e. The lowest BCUT2D eigenvalue weighted by atomic mass is 10.00. The van der Waals surface area contributed by atoms with E-state index < -0.39 is 17.4 Å². The summed E-state index contributed by atoms with van der Waals surface area (Å²) >= 11 is 0. The van der Waals surface area contributed by atoms with Crippen LogP contribution in [0.15, 0.2) is 0 Å². The van der Waals surface area contributed by atoms with Crippen LogP contribution in [0, 0.1) is 0 Å². The Hall–Kier alpha value is -0.550. The summed E-state index contributed by atoms with van der Waals surface area (Å²) < 4.78 is 18.3. The molecule has 1 aliphatic rings. The summed E-state index contributed by atoms with van der Waals surface area (Å²) in [6.07, 6.45) is -0.568. The van der Waals surface area contributed by atoms with Crippen LogP contribution in [0.4, 0.5) is 9.18 Å². The number of nitrogens with one attached hydrogen (secondary N) is 2. The van der Waals surface area contributed by atoms with Crippen LogP contribution in [0.25, 0.3) is 0 Å². The highest BCUT2D eigenvalue weighted by Crippen LogP contribution is 2.15. The molecule has 0 radical (unpaired) electrons. The molecule has 90 valence electrons.